The Hall–Kier alpha value is -2.67. The molecule has 0 atom stereocenters. The minimum Gasteiger partial charge on any atom is -0.496 e. The van der Waals surface area contributed by atoms with Crippen molar-refractivity contribution in [2.24, 2.45) is 0 Å². The number of rotatable bonds is 8. The highest BCUT2D eigenvalue weighted by molar-refractivity contribution is 5.92. The van der Waals surface area contributed by atoms with Crippen molar-refractivity contribution in [2.75, 3.05) is 13.7 Å². The summed E-state index contributed by atoms with van der Waals surface area (Å²) in [6, 6.07) is 9.19. The summed E-state index contributed by atoms with van der Waals surface area (Å²) in [6.07, 6.45) is 12.5. The number of aromatic nitrogens is 3. The Balaban J connectivity index is 1.21. The van der Waals surface area contributed by atoms with E-state index >= 15 is 0 Å². The van der Waals surface area contributed by atoms with Crippen molar-refractivity contribution in [1.29, 1.82) is 0 Å². The van der Waals surface area contributed by atoms with Crippen LogP contribution < -0.4 is 15.4 Å². The lowest BCUT2D eigenvalue weighted by molar-refractivity contribution is 0.0946. The number of hydrogen-bond acceptors (Lipinski definition) is 5. The van der Waals surface area contributed by atoms with Gasteiger partial charge in [-0.25, -0.2) is 4.68 Å². The number of carbonyl (C=O) groups is 1. The standard InChI is InChI=1S/C22H29N5O2/c1-29-21-7-3-2-5-16(21)6-4-14-23-17-10-12-19(13-11-17)27-15-20(25-26-27)22(28)24-18-8-9-18/h2-7,15,17-19,23H,8-14H2,1H3,(H,24,28). The van der Waals surface area contributed by atoms with Crippen molar-refractivity contribution in [3.63, 3.8) is 0 Å². The summed E-state index contributed by atoms with van der Waals surface area (Å²) in [7, 11) is 1.70. The average Bonchev–Trinajstić information content (AvgIpc) is 3.43. The van der Waals surface area contributed by atoms with E-state index in [1.165, 1.54) is 0 Å². The molecule has 2 aliphatic carbocycles. The van der Waals surface area contributed by atoms with Gasteiger partial charge in [0.25, 0.3) is 5.91 Å². The maximum absolute atomic E-state index is 12.1. The van der Waals surface area contributed by atoms with E-state index in [9.17, 15) is 4.79 Å². The zero-order chi connectivity index (χ0) is 20.1. The van der Waals surface area contributed by atoms with Gasteiger partial charge in [0, 0.05) is 24.2 Å². The monoisotopic (exact) mass is 395 g/mol. The summed E-state index contributed by atoms with van der Waals surface area (Å²) >= 11 is 0. The van der Waals surface area contributed by atoms with Gasteiger partial charge in [-0.3, -0.25) is 4.79 Å². The number of hydrogen-bond donors (Lipinski definition) is 2. The van der Waals surface area contributed by atoms with E-state index < -0.39 is 0 Å². The van der Waals surface area contributed by atoms with Gasteiger partial charge in [0.15, 0.2) is 5.69 Å². The van der Waals surface area contributed by atoms with Crippen molar-refractivity contribution >= 4 is 12.0 Å². The molecule has 0 saturated heterocycles. The van der Waals surface area contributed by atoms with Crippen LogP contribution >= 0.6 is 0 Å². The van der Waals surface area contributed by atoms with Crippen LogP contribution in [0.4, 0.5) is 0 Å². The van der Waals surface area contributed by atoms with Crippen LogP contribution in [0.5, 0.6) is 5.75 Å². The molecule has 1 aromatic carbocycles. The second-order valence-corrected chi connectivity index (χ2v) is 7.89. The highest BCUT2D eigenvalue weighted by atomic mass is 16.5. The molecule has 0 unspecified atom stereocenters. The maximum Gasteiger partial charge on any atom is 0.273 e. The first-order chi connectivity index (χ1) is 14.2. The summed E-state index contributed by atoms with van der Waals surface area (Å²) < 4.78 is 7.25. The van der Waals surface area contributed by atoms with Crippen LogP contribution in [-0.2, 0) is 0 Å². The van der Waals surface area contributed by atoms with Crippen LogP contribution in [0.25, 0.3) is 6.08 Å². The van der Waals surface area contributed by atoms with Crippen LogP contribution in [0.1, 0.15) is 60.6 Å². The second-order valence-electron chi connectivity index (χ2n) is 7.89. The lowest BCUT2D eigenvalue weighted by atomic mass is 9.91. The predicted molar refractivity (Wildman–Crippen MR) is 112 cm³/mol. The lowest BCUT2D eigenvalue weighted by Crippen LogP contribution is -2.34. The number of amides is 1. The third kappa shape index (κ3) is 5.23. The Kier molecular flexibility index (Phi) is 6.24. The fourth-order valence-corrected chi connectivity index (χ4v) is 3.82. The van der Waals surface area contributed by atoms with Crippen LogP contribution in [0.3, 0.4) is 0 Å². The number of benzene rings is 1. The van der Waals surface area contributed by atoms with E-state index in [0.29, 0.717) is 23.8 Å². The molecule has 1 heterocycles. The second kappa shape index (κ2) is 9.22. The smallest absolute Gasteiger partial charge is 0.273 e. The molecule has 0 radical (unpaired) electrons. The van der Waals surface area contributed by atoms with E-state index in [1.807, 2.05) is 22.9 Å². The topological polar surface area (TPSA) is 81.1 Å². The van der Waals surface area contributed by atoms with Crippen LogP contribution in [0.15, 0.2) is 36.5 Å². The zero-order valence-corrected chi connectivity index (χ0v) is 16.9. The maximum atomic E-state index is 12.1. The van der Waals surface area contributed by atoms with Crippen LogP contribution in [-0.4, -0.2) is 46.6 Å². The first kappa shape index (κ1) is 19.6. The Morgan fingerprint density at radius 3 is 2.69 bits per heavy atom. The molecule has 0 spiro atoms. The first-order valence-corrected chi connectivity index (χ1v) is 10.5. The Morgan fingerprint density at radius 2 is 1.93 bits per heavy atom. The molecule has 7 nitrogen and oxygen atoms in total. The van der Waals surface area contributed by atoms with E-state index in [0.717, 1.165) is 56.4 Å². The Morgan fingerprint density at radius 1 is 1.17 bits per heavy atom. The molecule has 154 valence electrons. The molecule has 2 saturated carbocycles. The molecule has 4 rings (SSSR count). The summed E-state index contributed by atoms with van der Waals surface area (Å²) in [6.45, 7) is 0.836. The van der Waals surface area contributed by atoms with Gasteiger partial charge >= 0.3 is 0 Å². The molecule has 0 bridgehead atoms. The van der Waals surface area contributed by atoms with Gasteiger partial charge in [0.2, 0.25) is 0 Å². The molecule has 2 N–H and O–H groups in total. The average molecular weight is 396 g/mol. The summed E-state index contributed by atoms with van der Waals surface area (Å²) in [5.41, 5.74) is 1.52. The summed E-state index contributed by atoms with van der Waals surface area (Å²) in [5, 5.41) is 14.8. The summed E-state index contributed by atoms with van der Waals surface area (Å²) in [5.74, 6) is 0.790. The van der Waals surface area contributed by atoms with Gasteiger partial charge in [-0.05, 0) is 44.6 Å². The van der Waals surface area contributed by atoms with E-state index in [-0.39, 0.29) is 5.91 Å². The molecule has 1 aromatic heterocycles. The predicted octanol–water partition coefficient (Wildman–Crippen LogP) is 2.97. The van der Waals surface area contributed by atoms with Gasteiger partial charge in [-0.1, -0.05) is 35.6 Å². The Labute approximate surface area is 171 Å². The van der Waals surface area contributed by atoms with Crippen LogP contribution in [0, 0.1) is 0 Å². The molecule has 2 fully saturated rings. The fourth-order valence-electron chi connectivity index (χ4n) is 3.82. The van der Waals surface area contributed by atoms with Gasteiger partial charge < -0.3 is 15.4 Å². The van der Waals surface area contributed by atoms with E-state index in [2.05, 4.69) is 39.2 Å². The Bertz CT molecular complexity index is 850. The molecule has 29 heavy (non-hydrogen) atoms. The SMILES string of the molecule is COc1ccccc1C=CCNC1CCC(n2cc(C(=O)NC3CC3)nn2)CC1. The van der Waals surface area contributed by atoms with Crippen molar-refractivity contribution < 1.29 is 9.53 Å². The van der Waals surface area contributed by atoms with Gasteiger partial charge in [0.05, 0.1) is 19.3 Å². The zero-order valence-electron chi connectivity index (χ0n) is 16.9. The van der Waals surface area contributed by atoms with Crippen molar-refractivity contribution in [1.82, 2.24) is 25.6 Å². The first-order valence-electron chi connectivity index (χ1n) is 10.5. The van der Waals surface area contributed by atoms with Crippen molar-refractivity contribution in [3.05, 3.63) is 47.8 Å². The van der Waals surface area contributed by atoms with E-state index in [1.54, 1.807) is 13.3 Å². The third-order valence-corrected chi connectivity index (χ3v) is 5.69. The number of nitrogens with one attached hydrogen (secondary N) is 2. The molecule has 2 aromatic rings. The summed E-state index contributed by atoms with van der Waals surface area (Å²) in [4.78, 5) is 12.1. The van der Waals surface area contributed by atoms with Crippen molar-refractivity contribution in [3.8, 4) is 5.75 Å². The number of ether oxygens (including phenoxy) is 1. The number of carbonyl (C=O) groups excluding carboxylic acids is 1. The van der Waals surface area contributed by atoms with Gasteiger partial charge in [-0.2, -0.15) is 0 Å². The molecule has 2 aliphatic rings. The number of para-hydroxylation sites is 1. The minimum atomic E-state index is -0.101. The third-order valence-electron chi connectivity index (χ3n) is 5.69. The largest absolute Gasteiger partial charge is 0.496 e. The molecular formula is C22H29N5O2. The molecule has 7 heteroatoms. The van der Waals surface area contributed by atoms with E-state index in [4.69, 9.17) is 4.74 Å². The highest BCUT2D eigenvalue weighted by Gasteiger charge is 2.27. The molecular weight excluding hydrogens is 366 g/mol. The minimum absolute atomic E-state index is 0.101. The van der Waals surface area contributed by atoms with Gasteiger partial charge in [-0.15, -0.1) is 5.10 Å². The normalized spacial score (nSPS) is 22.0. The molecule has 1 amide bonds. The molecule has 0 aliphatic heterocycles. The number of nitrogens with zero attached hydrogens (tertiary/aromatic N) is 3. The fraction of sp³-hybridized carbons (Fsp3) is 0.500. The quantitative estimate of drug-likeness (QED) is 0.718. The van der Waals surface area contributed by atoms with Crippen LogP contribution in [0.2, 0.25) is 0 Å². The highest BCUT2D eigenvalue weighted by Crippen LogP contribution is 2.28. The van der Waals surface area contributed by atoms with Crippen molar-refractivity contribution in [2.45, 2.75) is 56.7 Å². The van der Waals surface area contributed by atoms with Gasteiger partial charge in [0.1, 0.15) is 5.75 Å². The number of methoxy groups -OCH3 is 1. The lowest BCUT2D eigenvalue weighted by Gasteiger charge is -2.28.